The monoisotopic (exact) mass is 492 g/mol. The molecule has 3 nitrogen and oxygen atoms in total. The Morgan fingerprint density at radius 1 is 0.912 bits per heavy atom. The van der Waals surface area contributed by atoms with Gasteiger partial charge in [-0.2, -0.15) is 27.1 Å². The third-order valence-electron chi connectivity index (χ3n) is 5.69. The van der Waals surface area contributed by atoms with E-state index in [-0.39, 0.29) is 6.54 Å². The number of rotatable bonds is 6. The summed E-state index contributed by atoms with van der Waals surface area (Å²) < 4.78 is 79.2. The molecule has 2 unspecified atom stereocenters. The Morgan fingerprint density at radius 3 is 2.21 bits per heavy atom. The lowest BCUT2D eigenvalue weighted by molar-refractivity contribution is -0.249. The normalized spacial score (nSPS) is 17.5. The molecule has 0 fully saturated rings. The molecule has 0 N–H and O–H groups in total. The highest BCUT2D eigenvalue weighted by Gasteiger charge is 2.62. The van der Waals surface area contributed by atoms with Crippen molar-refractivity contribution in [3.63, 3.8) is 0 Å². The average Bonchev–Trinajstić information content (AvgIpc) is 3.23. The summed E-state index contributed by atoms with van der Waals surface area (Å²) in [5.41, 5.74) is 1.70. The van der Waals surface area contributed by atoms with Gasteiger partial charge in [0.2, 0.25) is 0 Å². The smallest absolute Gasteiger partial charge is 0.285 e. The Labute approximate surface area is 196 Å². The third kappa shape index (κ3) is 4.89. The number of hydrogen-bond donors (Lipinski definition) is 0. The van der Waals surface area contributed by atoms with Crippen molar-refractivity contribution in [2.24, 2.45) is 5.10 Å². The highest BCUT2D eigenvalue weighted by Crippen LogP contribution is 2.44. The van der Waals surface area contributed by atoms with Crippen LogP contribution in [0.5, 0.6) is 0 Å². The van der Waals surface area contributed by atoms with Crippen molar-refractivity contribution in [3.8, 4) is 11.1 Å². The number of hydrazone groups is 1. The van der Waals surface area contributed by atoms with E-state index in [4.69, 9.17) is 0 Å². The predicted octanol–water partition coefficient (Wildman–Crippen LogP) is 6.59. The first-order valence-electron chi connectivity index (χ1n) is 10.4. The first kappa shape index (κ1) is 24.1. The molecule has 4 rings (SSSR count). The molecule has 1 aliphatic rings. The van der Waals surface area contributed by atoms with Crippen molar-refractivity contribution in [1.82, 2.24) is 5.01 Å². The van der Waals surface area contributed by atoms with Crippen LogP contribution in [0.2, 0.25) is 0 Å². The summed E-state index contributed by atoms with van der Waals surface area (Å²) in [7, 11) is -1.13. The van der Waals surface area contributed by atoms with Gasteiger partial charge >= 0.3 is 12.1 Å². The topological polar surface area (TPSA) is 32.7 Å². The molecular weight excluding hydrogens is 471 g/mol. The van der Waals surface area contributed by atoms with Gasteiger partial charge in [0.05, 0.1) is 12.6 Å². The van der Waals surface area contributed by atoms with Gasteiger partial charge < -0.3 is 0 Å². The molecule has 9 heteroatoms. The minimum Gasteiger partial charge on any atom is -0.285 e. The highest BCUT2D eigenvalue weighted by molar-refractivity contribution is 7.84. The van der Waals surface area contributed by atoms with Crippen LogP contribution in [-0.2, 0) is 17.3 Å². The SMILES string of the molecule is CS(=O)c1ccc(-c2cccc(C3CC(C(F)(F)C(F)(F)F)=NN3Cc3ccccc3)c2)cc1. The van der Waals surface area contributed by atoms with E-state index >= 15 is 0 Å². The summed E-state index contributed by atoms with van der Waals surface area (Å²) in [6.45, 7) is 0.0875. The number of nitrogens with zero attached hydrogens (tertiary/aromatic N) is 2. The van der Waals surface area contributed by atoms with Crippen molar-refractivity contribution in [2.75, 3.05) is 6.26 Å². The van der Waals surface area contributed by atoms with E-state index in [1.807, 2.05) is 6.07 Å². The van der Waals surface area contributed by atoms with Crippen LogP contribution in [0.1, 0.15) is 23.6 Å². The van der Waals surface area contributed by atoms with Crippen molar-refractivity contribution < 1.29 is 26.2 Å². The molecule has 178 valence electrons. The Hall–Kier alpha value is -3.07. The van der Waals surface area contributed by atoms with Gasteiger partial charge in [-0.25, -0.2) is 0 Å². The van der Waals surface area contributed by atoms with Crippen LogP contribution < -0.4 is 0 Å². The molecule has 0 saturated carbocycles. The van der Waals surface area contributed by atoms with Gasteiger partial charge in [0.25, 0.3) is 0 Å². The zero-order chi connectivity index (χ0) is 24.5. The van der Waals surface area contributed by atoms with E-state index in [2.05, 4.69) is 5.10 Å². The fourth-order valence-electron chi connectivity index (χ4n) is 3.88. The van der Waals surface area contributed by atoms with Crippen LogP contribution in [0.25, 0.3) is 11.1 Å². The minimum atomic E-state index is -5.72. The van der Waals surface area contributed by atoms with Crippen LogP contribution in [0, 0.1) is 0 Å². The van der Waals surface area contributed by atoms with Gasteiger partial charge in [-0.15, -0.1) is 0 Å². The molecule has 34 heavy (non-hydrogen) atoms. The van der Waals surface area contributed by atoms with Crippen LogP contribution in [0.4, 0.5) is 22.0 Å². The molecule has 1 aliphatic heterocycles. The maximum absolute atomic E-state index is 14.2. The Bertz CT molecular complexity index is 1210. The predicted molar refractivity (Wildman–Crippen MR) is 122 cm³/mol. The van der Waals surface area contributed by atoms with Crippen LogP contribution in [0.3, 0.4) is 0 Å². The van der Waals surface area contributed by atoms with Gasteiger partial charge in [0.15, 0.2) is 0 Å². The summed E-state index contributed by atoms with van der Waals surface area (Å²) >= 11 is 0. The Balaban J connectivity index is 1.68. The fourth-order valence-corrected chi connectivity index (χ4v) is 4.40. The summed E-state index contributed by atoms with van der Waals surface area (Å²) in [5, 5.41) is 5.06. The molecule has 0 aliphatic carbocycles. The van der Waals surface area contributed by atoms with Gasteiger partial charge in [-0.3, -0.25) is 9.22 Å². The van der Waals surface area contributed by atoms with E-state index in [0.717, 1.165) is 16.7 Å². The molecule has 3 aromatic carbocycles. The largest absolute Gasteiger partial charge is 0.459 e. The zero-order valence-electron chi connectivity index (χ0n) is 18.1. The second kappa shape index (κ2) is 9.29. The van der Waals surface area contributed by atoms with Crippen LogP contribution >= 0.6 is 0 Å². The van der Waals surface area contributed by atoms with E-state index < -0.39 is 41.1 Å². The van der Waals surface area contributed by atoms with Gasteiger partial charge in [-0.05, 0) is 40.5 Å². The molecule has 0 saturated heterocycles. The maximum atomic E-state index is 14.2. The van der Waals surface area contributed by atoms with Gasteiger partial charge in [-0.1, -0.05) is 60.7 Å². The molecule has 0 amide bonds. The lowest BCUT2D eigenvalue weighted by Gasteiger charge is -2.24. The zero-order valence-corrected chi connectivity index (χ0v) is 18.9. The molecule has 0 aromatic heterocycles. The molecule has 3 aromatic rings. The second-order valence-corrected chi connectivity index (χ2v) is 9.41. The maximum Gasteiger partial charge on any atom is 0.459 e. The first-order valence-corrected chi connectivity index (χ1v) is 12.0. The Morgan fingerprint density at radius 2 is 1.59 bits per heavy atom. The molecule has 0 bridgehead atoms. The van der Waals surface area contributed by atoms with Crippen molar-refractivity contribution >= 4 is 16.5 Å². The summed E-state index contributed by atoms with van der Waals surface area (Å²) in [6.07, 6.45) is -4.69. The highest BCUT2D eigenvalue weighted by atomic mass is 32.2. The second-order valence-electron chi connectivity index (χ2n) is 8.03. The van der Waals surface area contributed by atoms with Gasteiger partial charge in [0.1, 0.15) is 5.71 Å². The quantitative estimate of drug-likeness (QED) is 0.364. The third-order valence-corrected chi connectivity index (χ3v) is 6.63. The van der Waals surface area contributed by atoms with Crippen molar-refractivity contribution in [3.05, 3.63) is 90.0 Å². The number of hydrogen-bond acceptors (Lipinski definition) is 3. The van der Waals surface area contributed by atoms with E-state index in [1.165, 1.54) is 5.01 Å². The summed E-state index contributed by atoms with van der Waals surface area (Å²) in [5.74, 6) is -5.01. The van der Waals surface area contributed by atoms with Crippen molar-refractivity contribution in [1.29, 1.82) is 0 Å². The number of benzene rings is 3. The summed E-state index contributed by atoms with van der Waals surface area (Å²) in [6, 6.07) is 22.2. The van der Waals surface area contributed by atoms with E-state index in [1.54, 1.807) is 79.1 Å². The molecule has 0 spiro atoms. The summed E-state index contributed by atoms with van der Waals surface area (Å²) in [4.78, 5) is 0.664. The molecule has 0 radical (unpaired) electrons. The minimum absolute atomic E-state index is 0.0875. The van der Waals surface area contributed by atoms with Crippen molar-refractivity contribution in [2.45, 2.75) is 36.0 Å². The molecular formula is C25H21F5N2OS. The van der Waals surface area contributed by atoms with Crippen LogP contribution in [-0.4, -0.2) is 33.3 Å². The van der Waals surface area contributed by atoms with Crippen LogP contribution in [0.15, 0.2) is 88.9 Å². The lowest BCUT2D eigenvalue weighted by Crippen LogP contribution is -2.43. The standard InChI is InChI=1S/C25H21F5N2OS/c1-34(33)21-12-10-18(11-13-21)19-8-5-9-20(14-19)22-15-23(24(26,27)25(28,29)30)31-32(22)16-17-6-3-2-4-7-17/h2-14,22H,15-16H2,1H3. The number of halogens is 5. The fraction of sp³-hybridized carbons (Fsp3) is 0.240. The average molecular weight is 493 g/mol. The van der Waals surface area contributed by atoms with E-state index in [0.29, 0.717) is 10.5 Å². The van der Waals surface area contributed by atoms with E-state index in [9.17, 15) is 26.2 Å². The lowest BCUT2D eigenvalue weighted by atomic mass is 9.95. The number of alkyl halides is 5. The molecule has 2 atom stereocenters. The molecule has 1 heterocycles. The Kier molecular flexibility index (Phi) is 6.58. The van der Waals surface area contributed by atoms with Gasteiger partial charge in [0, 0.05) is 28.4 Å². The first-order chi connectivity index (χ1) is 16.1.